The highest BCUT2D eigenvalue weighted by Crippen LogP contribution is 2.17. The molecule has 6 heteroatoms. The number of benzene rings is 2. The van der Waals surface area contributed by atoms with Crippen molar-refractivity contribution in [3.05, 3.63) is 88.7 Å². The van der Waals surface area contributed by atoms with Gasteiger partial charge in [0.05, 0.1) is 35.6 Å². The Morgan fingerprint density at radius 3 is 2.44 bits per heavy atom. The zero-order valence-electron chi connectivity index (χ0n) is 18.6. The Labute approximate surface area is 189 Å². The maximum Gasteiger partial charge on any atom is 0.257 e. The third kappa shape index (κ3) is 5.06. The Balaban J connectivity index is 1.41. The van der Waals surface area contributed by atoms with Crippen LogP contribution in [-0.4, -0.2) is 51.7 Å². The van der Waals surface area contributed by atoms with Crippen molar-refractivity contribution in [2.75, 3.05) is 26.2 Å². The van der Waals surface area contributed by atoms with E-state index in [1.54, 1.807) is 6.20 Å². The van der Waals surface area contributed by atoms with E-state index in [1.807, 2.05) is 52.0 Å². The van der Waals surface area contributed by atoms with Gasteiger partial charge in [0, 0.05) is 32.7 Å². The Morgan fingerprint density at radius 1 is 0.969 bits per heavy atom. The fourth-order valence-electron chi connectivity index (χ4n) is 4.30. The molecule has 2 heterocycles. The highest BCUT2D eigenvalue weighted by atomic mass is 16.2. The molecule has 1 amide bonds. The molecular formula is C26H29N5O. The fourth-order valence-corrected chi connectivity index (χ4v) is 4.30. The molecule has 1 fully saturated rings. The first-order chi connectivity index (χ1) is 15.7. The van der Waals surface area contributed by atoms with Gasteiger partial charge in [-0.15, -0.1) is 0 Å². The van der Waals surface area contributed by atoms with E-state index in [-0.39, 0.29) is 5.91 Å². The average molecular weight is 428 g/mol. The predicted octanol–water partition coefficient (Wildman–Crippen LogP) is 3.71. The van der Waals surface area contributed by atoms with E-state index >= 15 is 0 Å². The second kappa shape index (κ2) is 10.3. The predicted molar refractivity (Wildman–Crippen MR) is 124 cm³/mol. The fraction of sp³-hybridized carbons (Fsp3) is 0.346. The number of nitrogens with zero attached hydrogens (tertiary/aromatic N) is 5. The monoisotopic (exact) mass is 427 g/mol. The topological polar surface area (TPSA) is 65.2 Å². The van der Waals surface area contributed by atoms with Crippen molar-refractivity contribution in [1.29, 1.82) is 5.26 Å². The van der Waals surface area contributed by atoms with E-state index in [2.05, 4.69) is 35.1 Å². The minimum absolute atomic E-state index is 0.0846. The second-order valence-electron chi connectivity index (χ2n) is 8.23. The van der Waals surface area contributed by atoms with Crippen LogP contribution >= 0.6 is 0 Å². The van der Waals surface area contributed by atoms with Gasteiger partial charge in [0.25, 0.3) is 5.91 Å². The number of carbonyl (C=O) groups is 1. The zero-order valence-corrected chi connectivity index (χ0v) is 18.6. The first kappa shape index (κ1) is 21.8. The van der Waals surface area contributed by atoms with Crippen LogP contribution in [0.4, 0.5) is 0 Å². The van der Waals surface area contributed by atoms with Crippen molar-refractivity contribution in [2.45, 2.75) is 32.9 Å². The van der Waals surface area contributed by atoms with E-state index in [1.165, 1.54) is 11.1 Å². The number of nitriles is 1. The van der Waals surface area contributed by atoms with Gasteiger partial charge in [-0.05, 0) is 36.1 Å². The van der Waals surface area contributed by atoms with Crippen LogP contribution in [0, 0.1) is 11.3 Å². The van der Waals surface area contributed by atoms with E-state index in [0.29, 0.717) is 18.7 Å². The van der Waals surface area contributed by atoms with Crippen molar-refractivity contribution in [1.82, 2.24) is 19.6 Å². The second-order valence-corrected chi connectivity index (χ2v) is 8.23. The molecule has 164 valence electrons. The summed E-state index contributed by atoms with van der Waals surface area (Å²) < 4.78 is 1.96. The summed E-state index contributed by atoms with van der Waals surface area (Å²) in [5.74, 6) is 0.0846. The van der Waals surface area contributed by atoms with Gasteiger partial charge in [-0.1, -0.05) is 49.4 Å². The molecule has 1 aliphatic rings. The standard InChI is InChI=1S/C26H29N5O/c1-2-25-24(18-28-31(25)20-22-7-4-3-5-8-22)26(32)30-14-6-13-29(15-16-30)19-23-11-9-21(17-27)10-12-23/h3-5,7-12,18H,2,6,13-16,19-20H2,1H3. The SMILES string of the molecule is CCc1c(C(=O)N2CCCN(Cc3ccc(C#N)cc3)CC2)cnn1Cc1ccccc1. The molecule has 6 nitrogen and oxygen atoms in total. The van der Waals surface area contributed by atoms with Crippen molar-refractivity contribution >= 4 is 5.91 Å². The molecule has 3 aromatic rings. The maximum atomic E-state index is 13.4. The lowest BCUT2D eigenvalue weighted by Crippen LogP contribution is -2.35. The third-order valence-electron chi connectivity index (χ3n) is 6.05. The van der Waals surface area contributed by atoms with Gasteiger partial charge in [-0.2, -0.15) is 10.4 Å². The molecule has 4 rings (SSSR count). The number of hydrogen-bond acceptors (Lipinski definition) is 4. The van der Waals surface area contributed by atoms with Crippen molar-refractivity contribution in [2.24, 2.45) is 0 Å². The summed E-state index contributed by atoms with van der Waals surface area (Å²) in [7, 11) is 0. The molecule has 2 aromatic carbocycles. The molecule has 0 N–H and O–H groups in total. The molecule has 0 unspecified atom stereocenters. The van der Waals surface area contributed by atoms with Crippen LogP contribution < -0.4 is 0 Å². The first-order valence-electron chi connectivity index (χ1n) is 11.3. The minimum Gasteiger partial charge on any atom is -0.337 e. The molecular weight excluding hydrogens is 398 g/mol. The summed E-state index contributed by atoms with van der Waals surface area (Å²) >= 11 is 0. The molecule has 0 bridgehead atoms. The number of amides is 1. The summed E-state index contributed by atoms with van der Waals surface area (Å²) in [5.41, 5.74) is 4.78. The van der Waals surface area contributed by atoms with Crippen molar-refractivity contribution < 1.29 is 4.79 Å². The van der Waals surface area contributed by atoms with Crippen LogP contribution in [0.1, 0.15) is 46.1 Å². The van der Waals surface area contributed by atoms with Gasteiger partial charge in [0.2, 0.25) is 0 Å². The number of rotatable bonds is 6. The van der Waals surface area contributed by atoms with Gasteiger partial charge in [0.1, 0.15) is 0 Å². The summed E-state index contributed by atoms with van der Waals surface area (Å²) in [6.45, 7) is 6.86. The largest absolute Gasteiger partial charge is 0.337 e. The summed E-state index contributed by atoms with van der Waals surface area (Å²) in [5, 5.41) is 13.5. The van der Waals surface area contributed by atoms with Gasteiger partial charge >= 0.3 is 0 Å². The smallest absolute Gasteiger partial charge is 0.257 e. The quantitative estimate of drug-likeness (QED) is 0.602. The number of hydrogen-bond donors (Lipinski definition) is 0. The lowest BCUT2D eigenvalue weighted by molar-refractivity contribution is 0.0760. The molecule has 0 radical (unpaired) electrons. The zero-order chi connectivity index (χ0) is 22.3. The number of aromatic nitrogens is 2. The van der Waals surface area contributed by atoms with Crippen LogP contribution in [0.5, 0.6) is 0 Å². The lowest BCUT2D eigenvalue weighted by atomic mass is 10.1. The van der Waals surface area contributed by atoms with Gasteiger partial charge in [0.15, 0.2) is 0 Å². The van der Waals surface area contributed by atoms with Gasteiger partial charge in [-0.3, -0.25) is 14.4 Å². The van der Waals surface area contributed by atoms with Crippen LogP contribution in [-0.2, 0) is 19.5 Å². The highest BCUT2D eigenvalue weighted by Gasteiger charge is 2.24. The molecule has 0 atom stereocenters. The summed E-state index contributed by atoms with van der Waals surface area (Å²) in [6.07, 6.45) is 3.46. The molecule has 0 aliphatic carbocycles. The van der Waals surface area contributed by atoms with E-state index in [4.69, 9.17) is 5.26 Å². The first-order valence-corrected chi connectivity index (χ1v) is 11.3. The maximum absolute atomic E-state index is 13.4. The number of carbonyl (C=O) groups excluding carboxylic acids is 1. The van der Waals surface area contributed by atoms with Crippen LogP contribution in [0.15, 0.2) is 60.8 Å². The molecule has 1 aliphatic heterocycles. The Bertz CT molecular complexity index is 1080. The Hall–Kier alpha value is -3.43. The summed E-state index contributed by atoms with van der Waals surface area (Å²) in [4.78, 5) is 17.7. The molecule has 1 saturated heterocycles. The van der Waals surface area contributed by atoms with Crippen molar-refractivity contribution in [3.8, 4) is 6.07 Å². The van der Waals surface area contributed by atoms with Crippen LogP contribution in [0.2, 0.25) is 0 Å². The van der Waals surface area contributed by atoms with Crippen molar-refractivity contribution in [3.63, 3.8) is 0 Å². The minimum atomic E-state index is 0.0846. The lowest BCUT2D eigenvalue weighted by Gasteiger charge is -2.22. The molecule has 32 heavy (non-hydrogen) atoms. The van der Waals surface area contributed by atoms with Crippen LogP contribution in [0.3, 0.4) is 0 Å². The Kier molecular flexibility index (Phi) is 6.98. The molecule has 1 aromatic heterocycles. The van der Waals surface area contributed by atoms with E-state index in [0.717, 1.165) is 50.3 Å². The highest BCUT2D eigenvalue weighted by molar-refractivity contribution is 5.95. The van der Waals surface area contributed by atoms with Crippen LogP contribution in [0.25, 0.3) is 0 Å². The Morgan fingerprint density at radius 2 is 1.72 bits per heavy atom. The summed E-state index contributed by atoms with van der Waals surface area (Å²) in [6, 6.07) is 20.1. The molecule has 0 saturated carbocycles. The molecule has 0 spiro atoms. The van der Waals surface area contributed by atoms with Gasteiger partial charge < -0.3 is 4.90 Å². The third-order valence-corrected chi connectivity index (χ3v) is 6.05. The van der Waals surface area contributed by atoms with E-state index < -0.39 is 0 Å². The average Bonchev–Trinajstić information content (AvgIpc) is 3.08. The normalized spacial score (nSPS) is 14.7. The van der Waals surface area contributed by atoms with Gasteiger partial charge in [-0.25, -0.2) is 0 Å². The van der Waals surface area contributed by atoms with E-state index in [9.17, 15) is 4.79 Å².